The Labute approximate surface area is 120 Å². The minimum absolute atomic E-state index is 0.0686. The van der Waals surface area contributed by atoms with E-state index in [0.717, 1.165) is 5.56 Å². The number of rotatable bonds is 4. The number of nitro benzene ring substituents is 1. The lowest BCUT2D eigenvalue weighted by Crippen LogP contribution is -2.15. The van der Waals surface area contributed by atoms with Crippen LogP contribution in [0.1, 0.15) is 15.9 Å². The van der Waals surface area contributed by atoms with E-state index in [4.69, 9.17) is 5.84 Å². The van der Waals surface area contributed by atoms with Crippen molar-refractivity contribution in [2.45, 2.75) is 6.92 Å². The quantitative estimate of drug-likeness (QED) is 0.448. The minimum Gasteiger partial charge on any atom is -0.322 e. The molecule has 0 radical (unpaired) electrons. The van der Waals surface area contributed by atoms with Crippen LogP contribution in [0.3, 0.4) is 0 Å². The summed E-state index contributed by atoms with van der Waals surface area (Å²) in [5, 5.41) is 13.5. The number of nitrogens with one attached hydrogen (secondary N) is 2. The van der Waals surface area contributed by atoms with Gasteiger partial charge in [-0.2, -0.15) is 0 Å². The lowest BCUT2D eigenvalue weighted by atomic mass is 10.1. The van der Waals surface area contributed by atoms with Crippen molar-refractivity contribution in [3.8, 4) is 0 Å². The van der Waals surface area contributed by atoms with Crippen molar-refractivity contribution < 1.29 is 9.72 Å². The maximum atomic E-state index is 12.1. The molecule has 8 heteroatoms. The van der Waals surface area contributed by atoms with E-state index in [1.165, 1.54) is 18.2 Å². The van der Waals surface area contributed by atoms with Gasteiger partial charge in [0.1, 0.15) is 5.69 Å². The van der Waals surface area contributed by atoms with Crippen molar-refractivity contribution in [2.75, 3.05) is 10.7 Å². The molecule has 21 heavy (non-hydrogen) atoms. The number of nitro groups is 1. The highest BCUT2D eigenvalue weighted by Gasteiger charge is 2.16. The van der Waals surface area contributed by atoms with Crippen LogP contribution in [-0.2, 0) is 0 Å². The predicted molar refractivity (Wildman–Crippen MR) is 77.8 cm³/mol. The summed E-state index contributed by atoms with van der Waals surface area (Å²) in [6.07, 6.45) is 3.18. The summed E-state index contributed by atoms with van der Waals surface area (Å²) < 4.78 is 0. The molecule has 0 aliphatic heterocycles. The molecule has 8 nitrogen and oxygen atoms in total. The number of benzene rings is 1. The van der Waals surface area contributed by atoms with Gasteiger partial charge in [-0.3, -0.25) is 25.7 Å². The van der Waals surface area contributed by atoms with Crippen LogP contribution in [0.5, 0.6) is 0 Å². The average Bonchev–Trinajstić information content (AvgIpc) is 2.48. The molecule has 0 bridgehead atoms. The second-order valence-electron chi connectivity index (χ2n) is 4.28. The molecule has 2 aromatic rings. The fourth-order valence-electron chi connectivity index (χ4n) is 1.76. The van der Waals surface area contributed by atoms with Gasteiger partial charge in [0.15, 0.2) is 0 Å². The van der Waals surface area contributed by atoms with Gasteiger partial charge in [0.05, 0.1) is 4.92 Å². The van der Waals surface area contributed by atoms with Gasteiger partial charge in [-0.05, 0) is 30.7 Å². The fourth-order valence-corrected chi connectivity index (χ4v) is 1.76. The molecule has 0 unspecified atom stereocenters. The van der Waals surface area contributed by atoms with Crippen molar-refractivity contribution in [1.29, 1.82) is 0 Å². The third-order valence-electron chi connectivity index (χ3n) is 2.88. The second-order valence-corrected chi connectivity index (χ2v) is 4.28. The van der Waals surface area contributed by atoms with E-state index >= 15 is 0 Å². The Morgan fingerprint density at radius 3 is 2.71 bits per heavy atom. The van der Waals surface area contributed by atoms with Crippen molar-refractivity contribution >= 4 is 23.0 Å². The molecule has 4 N–H and O–H groups in total. The molecule has 0 fully saturated rings. The van der Waals surface area contributed by atoms with Crippen LogP contribution in [0.4, 0.5) is 17.1 Å². The number of hydrazine groups is 1. The van der Waals surface area contributed by atoms with Crippen LogP contribution in [0, 0.1) is 17.0 Å². The summed E-state index contributed by atoms with van der Waals surface area (Å²) >= 11 is 0. The van der Waals surface area contributed by atoms with Crippen LogP contribution in [-0.4, -0.2) is 15.8 Å². The Bertz CT molecular complexity index is 702. The number of hydrogen-bond acceptors (Lipinski definition) is 6. The summed E-state index contributed by atoms with van der Waals surface area (Å²) in [4.78, 5) is 26.3. The SMILES string of the molecule is Cc1cnccc1NC(=O)c1ccc([N+](=O)[O-])c(NN)c1. The molecule has 1 aromatic carbocycles. The fraction of sp³-hybridized carbons (Fsp3) is 0.0769. The van der Waals surface area contributed by atoms with Crippen molar-refractivity contribution in [3.63, 3.8) is 0 Å². The number of carbonyl (C=O) groups excluding carboxylic acids is 1. The molecule has 2 rings (SSSR count). The molecular weight excluding hydrogens is 274 g/mol. The van der Waals surface area contributed by atoms with Crippen LogP contribution < -0.4 is 16.6 Å². The molecule has 0 atom stereocenters. The van der Waals surface area contributed by atoms with E-state index in [1.54, 1.807) is 18.5 Å². The number of pyridine rings is 1. The first-order valence-corrected chi connectivity index (χ1v) is 6.00. The Morgan fingerprint density at radius 1 is 1.33 bits per heavy atom. The normalized spacial score (nSPS) is 10.0. The highest BCUT2D eigenvalue weighted by atomic mass is 16.6. The van der Waals surface area contributed by atoms with Crippen LogP contribution in [0.25, 0.3) is 0 Å². The van der Waals surface area contributed by atoms with Crippen molar-refractivity contribution in [2.24, 2.45) is 5.84 Å². The lowest BCUT2D eigenvalue weighted by molar-refractivity contribution is -0.384. The molecule has 0 saturated carbocycles. The molecule has 1 aromatic heterocycles. The van der Waals surface area contributed by atoms with Crippen LogP contribution >= 0.6 is 0 Å². The number of nitrogens with two attached hydrogens (primary N) is 1. The molecular formula is C13H13N5O3. The maximum absolute atomic E-state index is 12.1. The number of hydrogen-bond donors (Lipinski definition) is 3. The van der Waals surface area contributed by atoms with Crippen molar-refractivity contribution in [3.05, 3.63) is 57.9 Å². The molecule has 1 amide bonds. The molecule has 0 aliphatic rings. The van der Waals surface area contributed by atoms with Gasteiger partial charge in [0.25, 0.3) is 11.6 Å². The predicted octanol–water partition coefficient (Wildman–Crippen LogP) is 1.84. The first-order valence-electron chi connectivity index (χ1n) is 6.00. The number of carbonyl (C=O) groups is 1. The molecule has 0 saturated heterocycles. The number of aromatic nitrogens is 1. The third-order valence-corrected chi connectivity index (χ3v) is 2.88. The van der Waals surface area contributed by atoms with Gasteiger partial charge in [0.2, 0.25) is 0 Å². The summed E-state index contributed by atoms with van der Waals surface area (Å²) in [6, 6.07) is 5.58. The van der Waals surface area contributed by atoms with Crippen LogP contribution in [0.15, 0.2) is 36.7 Å². The zero-order valence-corrected chi connectivity index (χ0v) is 11.2. The number of nitrogen functional groups attached to an aromatic ring is 1. The van der Waals surface area contributed by atoms with E-state index in [-0.39, 0.29) is 16.9 Å². The molecule has 0 aliphatic carbocycles. The second kappa shape index (κ2) is 5.97. The van der Waals surface area contributed by atoms with Gasteiger partial charge >= 0.3 is 0 Å². The molecule has 1 heterocycles. The van der Waals surface area contributed by atoms with Gasteiger partial charge < -0.3 is 10.7 Å². The van der Waals surface area contributed by atoms with Gasteiger partial charge in [-0.25, -0.2) is 0 Å². The largest absolute Gasteiger partial charge is 0.322 e. The lowest BCUT2D eigenvalue weighted by Gasteiger charge is -2.09. The Hall–Kier alpha value is -3.00. The zero-order chi connectivity index (χ0) is 15.4. The number of amides is 1. The smallest absolute Gasteiger partial charge is 0.293 e. The molecule has 0 spiro atoms. The van der Waals surface area contributed by atoms with E-state index < -0.39 is 10.8 Å². The zero-order valence-electron chi connectivity index (χ0n) is 11.2. The van der Waals surface area contributed by atoms with E-state index in [1.807, 2.05) is 6.92 Å². The monoisotopic (exact) mass is 287 g/mol. The van der Waals surface area contributed by atoms with Gasteiger partial charge in [-0.15, -0.1) is 0 Å². The van der Waals surface area contributed by atoms with Crippen molar-refractivity contribution in [1.82, 2.24) is 4.98 Å². The first-order chi connectivity index (χ1) is 10.0. The summed E-state index contributed by atoms with van der Waals surface area (Å²) in [7, 11) is 0. The highest BCUT2D eigenvalue weighted by molar-refractivity contribution is 6.05. The third kappa shape index (κ3) is 3.12. The van der Waals surface area contributed by atoms with Gasteiger partial charge in [-0.1, -0.05) is 0 Å². The Morgan fingerprint density at radius 2 is 2.10 bits per heavy atom. The number of aryl methyl sites for hydroxylation is 1. The topological polar surface area (TPSA) is 123 Å². The van der Waals surface area contributed by atoms with Gasteiger partial charge in [0, 0.05) is 29.7 Å². The maximum Gasteiger partial charge on any atom is 0.293 e. The van der Waals surface area contributed by atoms with E-state index in [0.29, 0.717) is 5.69 Å². The number of nitrogens with zero attached hydrogens (tertiary/aromatic N) is 2. The number of anilines is 2. The minimum atomic E-state index is -0.579. The standard InChI is InChI=1S/C13H13N5O3/c1-8-7-15-5-4-10(8)16-13(19)9-2-3-12(18(20)21)11(6-9)17-14/h2-7,17H,14H2,1H3,(H,15,16,19). The molecule has 108 valence electrons. The first kappa shape index (κ1) is 14.4. The summed E-state index contributed by atoms with van der Waals surface area (Å²) in [6.45, 7) is 1.81. The highest BCUT2D eigenvalue weighted by Crippen LogP contribution is 2.25. The summed E-state index contributed by atoms with van der Waals surface area (Å²) in [5.74, 6) is 4.85. The summed E-state index contributed by atoms with van der Waals surface area (Å²) in [5.41, 5.74) is 3.77. The van der Waals surface area contributed by atoms with E-state index in [2.05, 4.69) is 15.7 Å². The average molecular weight is 287 g/mol. The Kier molecular flexibility index (Phi) is 4.10. The van der Waals surface area contributed by atoms with E-state index in [9.17, 15) is 14.9 Å². The van der Waals surface area contributed by atoms with Crippen LogP contribution in [0.2, 0.25) is 0 Å². The Balaban J connectivity index is 2.28.